The summed E-state index contributed by atoms with van der Waals surface area (Å²) in [6, 6.07) is 2.31. The number of fused-ring (bicyclic) bond motifs is 1. The highest BCUT2D eigenvalue weighted by atomic mass is 15.2. The number of aromatic nitrogens is 1. The zero-order valence-electron chi connectivity index (χ0n) is 13.9. The summed E-state index contributed by atoms with van der Waals surface area (Å²) in [4.78, 5) is 9.65. The van der Waals surface area contributed by atoms with Crippen molar-refractivity contribution < 1.29 is 0 Å². The van der Waals surface area contributed by atoms with Gasteiger partial charge in [-0.25, -0.2) is 4.98 Å². The van der Waals surface area contributed by atoms with Crippen LogP contribution in [0.1, 0.15) is 43.0 Å². The Morgan fingerprint density at radius 3 is 2.57 bits per heavy atom. The third-order valence-electron chi connectivity index (χ3n) is 4.19. The average molecular weight is 290 g/mol. The minimum absolute atomic E-state index is 0.581. The fraction of sp³-hybridized carbons (Fsp3) is 0.706. The third-order valence-corrected chi connectivity index (χ3v) is 4.19. The second kappa shape index (κ2) is 7.76. The Bertz CT molecular complexity index is 456. The van der Waals surface area contributed by atoms with E-state index in [2.05, 4.69) is 36.9 Å². The van der Waals surface area contributed by atoms with E-state index in [1.54, 1.807) is 0 Å². The molecule has 1 aromatic heterocycles. The molecular weight excluding hydrogens is 260 g/mol. The molecular formula is C17H30N4. The lowest BCUT2D eigenvalue weighted by Gasteiger charge is -2.29. The van der Waals surface area contributed by atoms with Crippen LogP contribution in [-0.4, -0.2) is 43.6 Å². The van der Waals surface area contributed by atoms with Crippen LogP contribution in [-0.2, 0) is 19.4 Å². The molecule has 4 heteroatoms. The molecule has 1 aliphatic carbocycles. The van der Waals surface area contributed by atoms with E-state index >= 15 is 0 Å². The van der Waals surface area contributed by atoms with Crippen molar-refractivity contribution in [3.8, 4) is 0 Å². The van der Waals surface area contributed by atoms with Crippen LogP contribution in [0, 0.1) is 0 Å². The second-order valence-electron chi connectivity index (χ2n) is 6.28. The first-order valence-corrected chi connectivity index (χ1v) is 8.27. The molecule has 0 unspecified atom stereocenters. The molecule has 0 bridgehead atoms. The summed E-state index contributed by atoms with van der Waals surface area (Å²) >= 11 is 0. The molecule has 0 spiro atoms. The first-order valence-electron chi connectivity index (χ1n) is 8.27. The summed E-state index contributed by atoms with van der Waals surface area (Å²) in [6.45, 7) is 5.91. The van der Waals surface area contributed by atoms with Gasteiger partial charge >= 0.3 is 0 Å². The standard InChI is InChI=1S/C17H30N4/c1-4-9-21(11-10-20(2)3)17-15(13-18)12-14-7-5-6-8-16(14)19-17/h12H,4-11,13,18H2,1-3H3. The highest BCUT2D eigenvalue weighted by Gasteiger charge is 2.18. The van der Waals surface area contributed by atoms with Gasteiger partial charge in [0, 0.05) is 37.4 Å². The molecule has 1 aliphatic rings. The first kappa shape index (κ1) is 16.2. The van der Waals surface area contributed by atoms with Crippen molar-refractivity contribution in [1.82, 2.24) is 9.88 Å². The van der Waals surface area contributed by atoms with Crippen molar-refractivity contribution in [3.05, 3.63) is 22.9 Å². The molecule has 0 amide bonds. The van der Waals surface area contributed by atoms with Gasteiger partial charge in [0.2, 0.25) is 0 Å². The summed E-state index contributed by atoms with van der Waals surface area (Å²) in [5.41, 5.74) is 9.94. The van der Waals surface area contributed by atoms with Crippen molar-refractivity contribution in [2.24, 2.45) is 5.73 Å². The van der Waals surface area contributed by atoms with Crippen LogP contribution >= 0.6 is 0 Å². The van der Waals surface area contributed by atoms with Gasteiger partial charge in [-0.2, -0.15) is 0 Å². The number of nitrogens with zero attached hydrogens (tertiary/aromatic N) is 3. The summed E-state index contributed by atoms with van der Waals surface area (Å²) < 4.78 is 0. The van der Waals surface area contributed by atoms with Gasteiger partial charge in [0.15, 0.2) is 0 Å². The van der Waals surface area contributed by atoms with Crippen molar-refractivity contribution in [3.63, 3.8) is 0 Å². The Balaban J connectivity index is 2.28. The molecule has 0 radical (unpaired) electrons. The number of hydrogen-bond donors (Lipinski definition) is 1. The topological polar surface area (TPSA) is 45.4 Å². The first-order chi connectivity index (χ1) is 10.2. The molecule has 2 rings (SSSR count). The van der Waals surface area contributed by atoms with Crippen LogP contribution in [0.3, 0.4) is 0 Å². The largest absolute Gasteiger partial charge is 0.355 e. The third kappa shape index (κ3) is 4.17. The van der Waals surface area contributed by atoms with Crippen LogP contribution in [0.25, 0.3) is 0 Å². The van der Waals surface area contributed by atoms with Gasteiger partial charge in [-0.15, -0.1) is 0 Å². The monoisotopic (exact) mass is 290 g/mol. The number of hydrogen-bond acceptors (Lipinski definition) is 4. The fourth-order valence-electron chi connectivity index (χ4n) is 3.01. The van der Waals surface area contributed by atoms with E-state index in [9.17, 15) is 0 Å². The highest BCUT2D eigenvalue weighted by molar-refractivity contribution is 5.50. The second-order valence-corrected chi connectivity index (χ2v) is 6.28. The zero-order valence-corrected chi connectivity index (χ0v) is 13.9. The van der Waals surface area contributed by atoms with E-state index in [-0.39, 0.29) is 0 Å². The smallest absolute Gasteiger partial charge is 0.133 e. The lowest BCUT2D eigenvalue weighted by molar-refractivity contribution is 0.412. The van der Waals surface area contributed by atoms with E-state index in [1.807, 2.05) is 0 Å². The molecule has 0 aromatic carbocycles. The summed E-state index contributed by atoms with van der Waals surface area (Å²) in [7, 11) is 4.24. The molecule has 0 atom stereocenters. The minimum Gasteiger partial charge on any atom is -0.355 e. The number of nitrogens with two attached hydrogens (primary N) is 1. The van der Waals surface area contributed by atoms with Crippen molar-refractivity contribution in [2.75, 3.05) is 38.6 Å². The predicted octanol–water partition coefficient (Wildman–Crippen LogP) is 2.20. The summed E-state index contributed by atoms with van der Waals surface area (Å²) in [6.07, 6.45) is 5.99. The Labute approximate surface area is 129 Å². The van der Waals surface area contributed by atoms with E-state index in [0.29, 0.717) is 6.54 Å². The maximum absolute atomic E-state index is 6.00. The van der Waals surface area contributed by atoms with Crippen LogP contribution in [0.2, 0.25) is 0 Å². The molecule has 21 heavy (non-hydrogen) atoms. The number of anilines is 1. The molecule has 0 saturated heterocycles. The van der Waals surface area contributed by atoms with Crippen molar-refractivity contribution in [1.29, 1.82) is 0 Å². The number of rotatable bonds is 7. The van der Waals surface area contributed by atoms with Crippen molar-refractivity contribution in [2.45, 2.75) is 45.6 Å². The van der Waals surface area contributed by atoms with E-state index in [1.165, 1.54) is 36.1 Å². The van der Waals surface area contributed by atoms with E-state index < -0.39 is 0 Å². The summed E-state index contributed by atoms with van der Waals surface area (Å²) in [5.74, 6) is 1.13. The van der Waals surface area contributed by atoms with Crippen LogP contribution in [0.5, 0.6) is 0 Å². The SMILES string of the molecule is CCCN(CCN(C)C)c1nc2c(cc1CN)CCCC2. The number of pyridine rings is 1. The van der Waals surface area contributed by atoms with Gasteiger partial charge in [0.05, 0.1) is 0 Å². The zero-order chi connectivity index (χ0) is 15.2. The maximum Gasteiger partial charge on any atom is 0.133 e. The quantitative estimate of drug-likeness (QED) is 0.836. The number of aryl methyl sites for hydroxylation is 2. The molecule has 118 valence electrons. The van der Waals surface area contributed by atoms with Crippen molar-refractivity contribution >= 4 is 5.82 Å². The Morgan fingerprint density at radius 2 is 1.90 bits per heavy atom. The Morgan fingerprint density at radius 1 is 1.14 bits per heavy atom. The molecule has 1 heterocycles. The summed E-state index contributed by atoms with van der Waals surface area (Å²) in [5, 5.41) is 0. The number of likely N-dealkylation sites (N-methyl/N-ethyl adjacent to an activating group) is 1. The predicted molar refractivity (Wildman–Crippen MR) is 89.8 cm³/mol. The molecule has 1 aromatic rings. The van der Waals surface area contributed by atoms with E-state index in [4.69, 9.17) is 10.7 Å². The Kier molecular flexibility index (Phi) is 6.00. The van der Waals surface area contributed by atoms with Crippen LogP contribution in [0.15, 0.2) is 6.07 Å². The van der Waals surface area contributed by atoms with Gasteiger partial charge < -0.3 is 15.5 Å². The van der Waals surface area contributed by atoms with Crippen LogP contribution in [0.4, 0.5) is 5.82 Å². The lowest BCUT2D eigenvalue weighted by atomic mass is 9.94. The molecule has 4 nitrogen and oxygen atoms in total. The average Bonchev–Trinajstić information content (AvgIpc) is 2.50. The molecule has 0 saturated carbocycles. The van der Waals surface area contributed by atoms with Crippen LogP contribution < -0.4 is 10.6 Å². The minimum atomic E-state index is 0.581. The Hall–Kier alpha value is -1.13. The van der Waals surface area contributed by atoms with Gasteiger partial charge in [-0.1, -0.05) is 6.92 Å². The van der Waals surface area contributed by atoms with Gasteiger partial charge in [0.1, 0.15) is 5.82 Å². The van der Waals surface area contributed by atoms with Gasteiger partial charge in [-0.3, -0.25) is 0 Å². The lowest BCUT2D eigenvalue weighted by Crippen LogP contribution is -2.34. The molecule has 0 fully saturated rings. The normalized spacial score (nSPS) is 14.3. The molecule has 2 N–H and O–H groups in total. The maximum atomic E-state index is 6.00. The van der Waals surface area contributed by atoms with Gasteiger partial charge in [0.25, 0.3) is 0 Å². The highest BCUT2D eigenvalue weighted by Crippen LogP contribution is 2.26. The molecule has 0 aliphatic heterocycles. The van der Waals surface area contributed by atoms with Gasteiger partial charge in [-0.05, 0) is 57.8 Å². The fourth-order valence-corrected chi connectivity index (χ4v) is 3.01. The van der Waals surface area contributed by atoms with E-state index in [0.717, 1.165) is 38.3 Å².